The van der Waals surface area contributed by atoms with Gasteiger partial charge in [-0.25, -0.2) is 0 Å². The monoisotopic (exact) mass is 1210 g/mol. The van der Waals surface area contributed by atoms with E-state index in [2.05, 4.69) is 350 Å². The van der Waals surface area contributed by atoms with Gasteiger partial charge < -0.3 is 0 Å². The second-order valence-corrected chi connectivity index (χ2v) is 29.6. The molecule has 0 amide bonds. The molecule has 14 aromatic rings. The molecule has 2 heteroatoms. The Hall–Kier alpha value is -10.2. The molecule has 0 unspecified atom stereocenters. The zero-order valence-corrected chi connectivity index (χ0v) is 51.2. The van der Waals surface area contributed by atoms with Crippen LogP contribution in [0.2, 0.25) is 0 Å². The van der Waals surface area contributed by atoms with Crippen LogP contribution in [0.3, 0.4) is 0 Å². The van der Waals surface area contributed by atoms with Crippen molar-refractivity contribution in [3.05, 3.63) is 405 Å². The number of benzene rings is 14. The maximum atomic E-state index is 3.68. The van der Waals surface area contributed by atoms with Gasteiger partial charge in [-0.3, -0.25) is 0 Å². The zero-order valence-electron chi connectivity index (χ0n) is 48.6. The van der Waals surface area contributed by atoms with Crippen LogP contribution in [0.1, 0.15) is 66.8 Å². The van der Waals surface area contributed by atoms with Crippen LogP contribution in [0, 0.1) is 0 Å². The smallest absolute Gasteiger partial charge is 0.0623 e. The molecule has 3 spiro atoms. The molecule has 0 saturated heterocycles. The minimum absolute atomic E-state index is 0.209. The standard InChI is InChI=1S/C62H40Si.C25H15Br/c1-3-19-41(20-4-1)63(42-21-5-2-6-22-42,43-35-37-51-49-27-11-17-33-57(49)61(59(51)39-43)53-29-13-7-23-45(53)46-24-8-14-30-54(46)61)44-36-38-52-50-28-12-18-34-58(50)62(60(52)40-44)55-31-15-9-25-47(55)48-26-10-16-32-56(48)62;26-16-13-14-24-20(15-16)19-9-3-6-12-23(19)25(24)21-10-4-1-7-17(21)18-8-2-5-11-22(18)25/h1-40H;1-15H. The fourth-order valence-electron chi connectivity index (χ4n) is 18.1. The van der Waals surface area contributed by atoms with Crippen molar-refractivity contribution in [1.82, 2.24) is 0 Å². The zero-order chi connectivity index (χ0) is 58.6. The molecule has 0 N–H and O–H groups in total. The molecule has 0 nitrogen and oxygen atoms in total. The van der Waals surface area contributed by atoms with Crippen LogP contribution in [0.25, 0.3) is 66.8 Å². The quantitative estimate of drug-likeness (QED) is 0.122. The lowest BCUT2D eigenvalue weighted by molar-refractivity contribution is 0.793. The van der Waals surface area contributed by atoms with Crippen LogP contribution in [-0.4, -0.2) is 8.07 Å². The number of hydrogen-bond donors (Lipinski definition) is 0. The van der Waals surface area contributed by atoms with Crippen molar-refractivity contribution in [3.8, 4) is 66.8 Å². The Labute approximate surface area is 528 Å². The molecule has 0 fully saturated rings. The van der Waals surface area contributed by atoms with Crippen molar-refractivity contribution in [2.45, 2.75) is 16.2 Å². The second-order valence-electron chi connectivity index (χ2n) is 24.9. The first-order valence-corrected chi connectivity index (χ1v) is 34.0. The third-order valence-corrected chi connectivity index (χ3v) is 26.5. The van der Waals surface area contributed by atoms with Crippen molar-refractivity contribution in [2.24, 2.45) is 0 Å². The van der Waals surface area contributed by atoms with Crippen LogP contribution in [0.15, 0.2) is 338 Å². The Balaban J connectivity index is 0.000000183. The van der Waals surface area contributed by atoms with Gasteiger partial charge in [-0.15, -0.1) is 0 Å². The molecular weight excluding hydrogens is 1150 g/mol. The molecule has 414 valence electrons. The lowest BCUT2D eigenvalue weighted by atomic mass is 9.70. The maximum absolute atomic E-state index is 3.68. The maximum Gasteiger partial charge on any atom is 0.179 e. The van der Waals surface area contributed by atoms with Crippen molar-refractivity contribution < 1.29 is 0 Å². The minimum atomic E-state index is -3.09. The van der Waals surface area contributed by atoms with Gasteiger partial charge in [0.2, 0.25) is 0 Å². The Morgan fingerprint density at radius 2 is 0.393 bits per heavy atom. The van der Waals surface area contributed by atoms with Gasteiger partial charge in [0.15, 0.2) is 8.07 Å². The Morgan fingerprint density at radius 3 is 0.685 bits per heavy atom. The topological polar surface area (TPSA) is 0 Å². The SMILES string of the molecule is Brc1ccc2c(c1)-c1ccccc1C21c2ccccc2-c2ccccc21.c1ccc([Si](c2ccccc2)(c2ccc3c(c2)C2(c4ccccc4-c4ccccc42)c2ccccc2-3)c2ccc3c(c2)C2(c4ccccc4-c4ccccc42)c2ccccc2-3)cc1. The van der Waals surface area contributed by atoms with Crippen LogP contribution < -0.4 is 20.7 Å². The molecule has 0 aromatic heterocycles. The average Bonchev–Trinajstić information content (AvgIpc) is 1.55. The van der Waals surface area contributed by atoms with E-state index in [1.165, 1.54) is 154 Å². The molecule has 14 aromatic carbocycles. The molecule has 0 aliphatic heterocycles. The van der Waals surface area contributed by atoms with E-state index in [-0.39, 0.29) is 5.41 Å². The minimum Gasteiger partial charge on any atom is -0.0623 e. The van der Waals surface area contributed by atoms with E-state index in [4.69, 9.17) is 0 Å². The highest BCUT2D eigenvalue weighted by Crippen LogP contribution is 2.66. The fourth-order valence-corrected chi connectivity index (χ4v) is 23.2. The third kappa shape index (κ3) is 6.42. The summed E-state index contributed by atoms with van der Waals surface area (Å²) < 4.78 is 1.13. The Morgan fingerprint density at radius 1 is 0.169 bits per heavy atom. The first-order chi connectivity index (χ1) is 44.1. The van der Waals surface area contributed by atoms with Gasteiger partial charge in [0.05, 0.1) is 16.2 Å². The number of fused-ring (bicyclic) bond motifs is 30. The van der Waals surface area contributed by atoms with E-state index >= 15 is 0 Å². The number of hydrogen-bond acceptors (Lipinski definition) is 0. The Bertz CT molecular complexity index is 4900. The van der Waals surface area contributed by atoms with Crippen LogP contribution in [0.4, 0.5) is 0 Å². The van der Waals surface area contributed by atoms with Crippen molar-refractivity contribution in [2.75, 3.05) is 0 Å². The van der Waals surface area contributed by atoms with E-state index in [1.807, 2.05) is 0 Å². The summed E-state index contributed by atoms with van der Waals surface area (Å²) in [7, 11) is -3.09. The first kappa shape index (κ1) is 50.9. The predicted octanol–water partition coefficient (Wildman–Crippen LogP) is 18.5. The number of rotatable bonds is 4. The van der Waals surface area contributed by atoms with Crippen molar-refractivity contribution in [1.29, 1.82) is 0 Å². The highest BCUT2D eigenvalue weighted by Gasteiger charge is 2.56. The molecule has 89 heavy (non-hydrogen) atoms. The van der Waals surface area contributed by atoms with Gasteiger partial charge in [0.25, 0.3) is 0 Å². The molecule has 0 atom stereocenters. The molecule has 6 aliphatic carbocycles. The highest BCUT2D eigenvalue weighted by molar-refractivity contribution is 9.10. The van der Waals surface area contributed by atoms with Crippen LogP contribution >= 0.6 is 15.9 Å². The van der Waals surface area contributed by atoms with E-state index in [9.17, 15) is 0 Å². The van der Waals surface area contributed by atoms with Crippen LogP contribution in [0.5, 0.6) is 0 Å². The fraction of sp³-hybridized carbons (Fsp3) is 0.0345. The van der Waals surface area contributed by atoms with Crippen molar-refractivity contribution in [3.63, 3.8) is 0 Å². The summed E-state index contributed by atoms with van der Waals surface area (Å²) in [5.41, 5.74) is 31.5. The van der Waals surface area contributed by atoms with E-state index in [0.29, 0.717) is 0 Å². The number of halogens is 1. The summed E-state index contributed by atoms with van der Waals surface area (Å²) in [6.07, 6.45) is 0. The summed E-state index contributed by atoms with van der Waals surface area (Å²) in [5.74, 6) is 0. The molecule has 20 rings (SSSR count). The van der Waals surface area contributed by atoms with E-state index in [1.54, 1.807) is 0 Å². The van der Waals surface area contributed by atoms with Gasteiger partial charge in [0, 0.05) is 4.47 Å². The molecule has 0 bridgehead atoms. The van der Waals surface area contributed by atoms with Gasteiger partial charge in [-0.05, 0) is 166 Å². The molecule has 0 saturated carbocycles. The second kappa shape index (κ2) is 18.9. The summed E-state index contributed by atoms with van der Waals surface area (Å²) in [4.78, 5) is 0. The molecule has 6 aliphatic rings. The summed E-state index contributed by atoms with van der Waals surface area (Å²) in [5, 5.41) is 5.54. The summed E-state index contributed by atoms with van der Waals surface area (Å²) in [6.45, 7) is 0. The lowest BCUT2D eigenvalue weighted by Gasteiger charge is -2.37. The third-order valence-electron chi connectivity index (χ3n) is 21.2. The lowest BCUT2D eigenvalue weighted by Crippen LogP contribution is -2.75. The highest BCUT2D eigenvalue weighted by atomic mass is 79.9. The van der Waals surface area contributed by atoms with Crippen molar-refractivity contribution >= 4 is 44.8 Å². The van der Waals surface area contributed by atoms with E-state index in [0.717, 1.165) is 4.47 Å². The molecule has 0 heterocycles. The van der Waals surface area contributed by atoms with E-state index < -0.39 is 18.9 Å². The summed E-state index contributed by atoms with van der Waals surface area (Å²) in [6, 6.07) is 127. The van der Waals surface area contributed by atoms with Gasteiger partial charge in [0.1, 0.15) is 0 Å². The van der Waals surface area contributed by atoms with Crippen LogP contribution in [-0.2, 0) is 16.2 Å². The summed E-state index contributed by atoms with van der Waals surface area (Å²) >= 11 is 3.68. The average molecular weight is 1210 g/mol. The molecule has 0 radical (unpaired) electrons. The Kier molecular flexibility index (Phi) is 10.8. The van der Waals surface area contributed by atoms with Gasteiger partial charge in [-0.2, -0.15) is 0 Å². The first-order valence-electron chi connectivity index (χ1n) is 31.2. The largest absolute Gasteiger partial charge is 0.179 e. The van der Waals surface area contributed by atoms with Gasteiger partial charge >= 0.3 is 0 Å². The predicted molar refractivity (Wildman–Crippen MR) is 373 cm³/mol. The van der Waals surface area contributed by atoms with Gasteiger partial charge in [-0.1, -0.05) is 337 Å². The normalized spacial score (nSPS) is 14.6. The molecular formula is C87H55BrSi.